The van der Waals surface area contributed by atoms with E-state index < -0.39 is 5.97 Å². The number of carbonyl (C=O) groups is 2. The highest BCUT2D eigenvalue weighted by atomic mass is 16.4. The zero-order valence-corrected chi connectivity index (χ0v) is 12.7. The van der Waals surface area contributed by atoms with Crippen LogP contribution >= 0.6 is 0 Å². The first-order valence-corrected chi connectivity index (χ1v) is 8.22. The van der Waals surface area contributed by atoms with Gasteiger partial charge in [-0.25, -0.2) is 0 Å². The van der Waals surface area contributed by atoms with Crippen LogP contribution in [0.15, 0.2) is 12.3 Å². The summed E-state index contributed by atoms with van der Waals surface area (Å²) in [4.78, 5) is 23.4. The first-order chi connectivity index (χ1) is 10.6. The smallest absolute Gasteiger partial charge is 0.306 e. The highest BCUT2D eigenvalue weighted by Gasteiger charge is 2.28. The van der Waals surface area contributed by atoms with Crippen LogP contribution in [0.4, 0.5) is 0 Å². The van der Waals surface area contributed by atoms with Gasteiger partial charge in [-0.2, -0.15) is 5.10 Å². The zero-order chi connectivity index (χ0) is 15.5. The third-order valence-electron chi connectivity index (χ3n) is 4.99. The minimum absolute atomic E-state index is 0.0787. The Hall–Kier alpha value is -1.85. The van der Waals surface area contributed by atoms with E-state index in [1.54, 1.807) is 12.3 Å². The highest BCUT2D eigenvalue weighted by molar-refractivity contribution is 5.92. The monoisotopic (exact) mass is 305 g/mol. The van der Waals surface area contributed by atoms with E-state index in [9.17, 15) is 9.59 Å². The Bertz CT molecular complexity index is 541. The second kappa shape index (κ2) is 6.50. The molecule has 0 radical (unpaired) electrons. The molecule has 3 rings (SSSR count). The summed E-state index contributed by atoms with van der Waals surface area (Å²) < 4.78 is 1.87. The molecule has 1 heterocycles. The lowest BCUT2D eigenvalue weighted by atomic mass is 9.86. The molecule has 2 fully saturated rings. The van der Waals surface area contributed by atoms with Crippen molar-refractivity contribution in [3.63, 3.8) is 0 Å². The molecule has 6 nitrogen and oxygen atoms in total. The molecule has 22 heavy (non-hydrogen) atoms. The van der Waals surface area contributed by atoms with E-state index in [2.05, 4.69) is 10.4 Å². The summed E-state index contributed by atoms with van der Waals surface area (Å²) in [5.41, 5.74) is 0.632. The quantitative estimate of drug-likeness (QED) is 0.894. The topological polar surface area (TPSA) is 84.2 Å². The molecule has 2 aliphatic rings. The molecule has 1 amide bonds. The van der Waals surface area contributed by atoms with Crippen LogP contribution < -0.4 is 5.32 Å². The van der Waals surface area contributed by atoms with Gasteiger partial charge in [0.05, 0.1) is 12.0 Å². The standard InChI is InChI=1S/C16H23N3O3/c20-15(18-12-7-5-11(6-8-12)16(21)22)14-9-10-17-19(14)13-3-1-2-4-13/h9-13H,1-8H2,(H,18,20)(H,21,22). The molecular formula is C16H23N3O3. The summed E-state index contributed by atoms with van der Waals surface area (Å²) in [6.45, 7) is 0. The van der Waals surface area contributed by atoms with Gasteiger partial charge in [-0.15, -0.1) is 0 Å². The van der Waals surface area contributed by atoms with Crippen molar-refractivity contribution in [1.29, 1.82) is 0 Å². The zero-order valence-electron chi connectivity index (χ0n) is 12.7. The number of nitrogens with one attached hydrogen (secondary N) is 1. The lowest BCUT2D eigenvalue weighted by molar-refractivity contribution is -0.142. The van der Waals surface area contributed by atoms with Crippen molar-refractivity contribution in [3.8, 4) is 0 Å². The number of carbonyl (C=O) groups excluding carboxylic acids is 1. The maximum Gasteiger partial charge on any atom is 0.306 e. The predicted octanol–water partition coefficient (Wildman–Crippen LogP) is 2.37. The fraction of sp³-hybridized carbons (Fsp3) is 0.688. The molecule has 1 aromatic heterocycles. The van der Waals surface area contributed by atoms with Crippen LogP contribution in [-0.2, 0) is 4.79 Å². The normalized spacial score (nSPS) is 26.0. The largest absolute Gasteiger partial charge is 0.481 e. The molecule has 6 heteroatoms. The number of carboxylic acids is 1. The van der Waals surface area contributed by atoms with Crippen molar-refractivity contribution in [2.45, 2.75) is 63.5 Å². The molecule has 0 aliphatic heterocycles. The van der Waals surface area contributed by atoms with Crippen LogP contribution in [0.2, 0.25) is 0 Å². The van der Waals surface area contributed by atoms with Crippen molar-refractivity contribution in [1.82, 2.24) is 15.1 Å². The second-order valence-corrected chi connectivity index (χ2v) is 6.46. The van der Waals surface area contributed by atoms with E-state index >= 15 is 0 Å². The van der Waals surface area contributed by atoms with Crippen molar-refractivity contribution >= 4 is 11.9 Å². The average Bonchev–Trinajstić information content (AvgIpc) is 3.18. The summed E-state index contributed by atoms with van der Waals surface area (Å²) >= 11 is 0. The van der Waals surface area contributed by atoms with Gasteiger partial charge in [0.15, 0.2) is 0 Å². The molecule has 2 aliphatic carbocycles. The van der Waals surface area contributed by atoms with Gasteiger partial charge in [0.2, 0.25) is 0 Å². The first-order valence-electron chi connectivity index (χ1n) is 8.22. The van der Waals surface area contributed by atoms with Gasteiger partial charge in [-0.3, -0.25) is 14.3 Å². The van der Waals surface area contributed by atoms with Crippen LogP contribution in [0.5, 0.6) is 0 Å². The van der Waals surface area contributed by atoms with Gasteiger partial charge in [0.25, 0.3) is 5.91 Å². The molecule has 0 atom stereocenters. The van der Waals surface area contributed by atoms with Crippen LogP contribution in [0, 0.1) is 5.92 Å². The third-order valence-corrected chi connectivity index (χ3v) is 4.99. The van der Waals surface area contributed by atoms with Gasteiger partial charge in [0, 0.05) is 12.2 Å². The Morgan fingerprint density at radius 1 is 1.14 bits per heavy atom. The SMILES string of the molecule is O=C(NC1CCC(C(=O)O)CC1)c1ccnn1C1CCCC1. The summed E-state index contributed by atoms with van der Waals surface area (Å²) in [5.74, 6) is -1.05. The number of hydrogen-bond donors (Lipinski definition) is 2. The lowest BCUT2D eigenvalue weighted by Gasteiger charge is -2.27. The molecular weight excluding hydrogens is 282 g/mol. The van der Waals surface area contributed by atoms with Gasteiger partial charge in [0.1, 0.15) is 5.69 Å². The van der Waals surface area contributed by atoms with Gasteiger partial charge in [-0.05, 0) is 44.6 Å². The number of hydrogen-bond acceptors (Lipinski definition) is 3. The van der Waals surface area contributed by atoms with Crippen molar-refractivity contribution < 1.29 is 14.7 Å². The summed E-state index contributed by atoms with van der Waals surface area (Å²) in [6.07, 6.45) is 9.02. The Labute approximate surface area is 129 Å². The molecule has 2 saturated carbocycles. The maximum absolute atomic E-state index is 12.5. The number of nitrogens with zero attached hydrogens (tertiary/aromatic N) is 2. The van der Waals surface area contributed by atoms with E-state index in [-0.39, 0.29) is 17.9 Å². The number of amides is 1. The summed E-state index contributed by atoms with van der Waals surface area (Å²) in [5, 5.41) is 16.4. The van der Waals surface area contributed by atoms with Gasteiger partial charge < -0.3 is 10.4 Å². The molecule has 0 saturated heterocycles. The Balaban J connectivity index is 1.59. The molecule has 0 aromatic carbocycles. The fourth-order valence-electron chi connectivity index (χ4n) is 3.68. The maximum atomic E-state index is 12.5. The van der Waals surface area contributed by atoms with E-state index in [1.165, 1.54) is 12.8 Å². The molecule has 120 valence electrons. The predicted molar refractivity (Wildman–Crippen MR) is 80.6 cm³/mol. The Kier molecular flexibility index (Phi) is 4.45. The first kappa shape index (κ1) is 15.1. The van der Waals surface area contributed by atoms with Gasteiger partial charge in [-0.1, -0.05) is 12.8 Å². The van der Waals surface area contributed by atoms with Crippen molar-refractivity contribution in [3.05, 3.63) is 18.0 Å². The summed E-state index contributed by atoms with van der Waals surface area (Å²) in [6, 6.07) is 2.20. The molecule has 0 unspecified atom stereocenters. The molecule has 0 bridgehead atoms. The van der Waals surface area contributed by atoms with Crippen LogP contribution in [0.1, 0.15) is 67.9 Å². The van der Waals surface area contributed by atoms with E-state index in [4.69, 9.17) is 5.11 Å². The van der Waals surface area contributed by atoms with Crippen LogP contribution in [0.25, 0.3) is 0 Å². The molecule has 2 N–H and O–H groups in total. The lowest BCUT2D eigenvalue weighted by Crippen LogP contribution is -2.39. The van der Waals surface area contributed by atoms with Gasteiger partial charge >= 0.3 is 5.97 Å². The second-order valence-electron chi connectivity index (χ2n) is 6.46. The average molecular weight is 305 g/mol. The minimum atomic E-state index is -0.718. The van der Waals surface area contributed by atoms with Crippen molar-refractivity contribution in [2.24, 2.45) is 5.92 Å². The van der Waals surface area contributed by atoms with Crippen LogP contribution in [0.3, 0.4) is 0 Å². The van der Waals surface area contributed by atoms with E-state index in [0.717, 1.165) is 25.7 Å². The fourth-order valence-corrected chi connectivity index (χ4v) is 3.68. The Morgan fingerprint density at radius 3 is 2.45 bits per heavy atom. The summed E-state index contributed by atoms with van der Waals surface area (Å²) in [7, 11) is 0. The highest BCUT2D eigenvalue weighted by Crippen LogP contribution is 2.30. The molecule has 0 spiro atoms. The number of carboxylic acid groups (broad SMARTS) is 1. The van der Waals surface area contributed by atoms with Crippen LogP contribution in [-0.4, -0.2) is 32.8 Å². The van der Waals surface area contributed by atoms with Crippen molar-refractivity contribution in [2.75, 3.05) is 0 Å². The van der Waals surface area contributed by atoms with E-state index in [0.29, 0.717) is 24.6 Å². The number of aromatic nitrogens is 2. The number of aliphatic carboxylic acids is 1. The number of rotatable bonds is 4. The van der Waals surface area contributed by atoms with E-state index in [1.807, 2.05) is 4.68 Å². The molecule has 1 aromatic rings. The third kappa shape index (κ3) is 3.15. The minimum Gasteiger partial charge on any atom is -0.481 e. The Morgan fingerprint density at radius 2 is 1.82 bits per heavy atom.